The molecule has 1 aliphatic heterocycles. The van der Waals surface area contributed by atoms with E-state index in [-0.39, 0.29) is 0 Å². The van der Waals surface area contributed by atoms with Gasteiger partial charge in [-0.2, -0.15) is 4.98 Å². The van der Waals surface area contributed by atoms with E-state index in [1.807, 2.05) is 12.3 Å². The lowest BCUT2D eigenvalue weighted by molar-refractivity contribution is 0.959. The van der Waals surface area contributed by atoms with E-state index in [0.29, 0.717) is 12.5 Å². The third-order valence-electron chi connectivity index (χ3n) is 5.17. The van der Waals surface area contributed by atoms with Crippen molar-refractivity contribution >= 4 is 28.5 Å². The number of nitrogens with zero attached hydrogens (tertiary/aromatic N) is 3. The highest BCUT2D eigenvalue weighted by atomic mass is 15.2. The highest BCUT2D eigenvalue weighted by Crippen LogP contribution is 2.37. The number of aromatic amines is 1. The molecule has 5 rings (SSSR count). The maximum atomic E-state index is 4.56. The Labute approximate surface area is 157 Å². The van der Waals surface area contributed by atoms with Gasteiger partial charge in [-0.25, -0.2) is 4.98 Å². The first-order chi connectivity index (χ1) is 13.2. The van der Waals surface area contributed by atoms with Crippen LogP contribution in [0.5, 0.6) is 0 Å². The number of aliphatic imine (C=N–C) groups is 1. The van der Waals surface area contributed by atoms with Crippen molar-refractivity contribution < 1.29 is 0 Å². The van der Waals surface area contributed by atoms with Gasteiger partial charge in [0.25, 0.3) is 0 Å². The maximum Gasteiger partial charge on any atom is 0.224 e. The van der Waals surface area contributed by atoms with Crippen LogP contribution in [0.25, 0.3) is 10.9 Å². The van der Waals surface area contributed by atoms with Crippen molar-refractivity contribution in [2.75, 3.05) is 17.2 Å². The molecule has 1 aliphatic carbocycles. The average molecular weight is 358 g/mol. The van der Waals surface area contributed by atoms with Crippen LogP contribution >= 0.6 is 0 Å². The zero-order valence-corrected chi connectivity index (χ0v) is 15.3. The Morgan fingerprint density at radius 1 is 1.22 bits per heavy atom. The summed E-state index contributed by atoms with van der Waals surface area (Å²) < 4.78 is 0. The van der Waals surface area contributed by atoms with Crippen LogP contribution in [-0.2, 0) is 6.54 Å². The van der Waals surface area contributed by atoms with E-state index >= 15 is 0 Å². The molecule has 0 radical (unpaired) electrons. The van der Waals surface area contributed by atoms with Gasteiger partial charge in [0, 0.05) is 29.8 Å². The van der Waals surface area contributed by atoms with Gasteiger partial charge < -0.3 is 15.6 Å². The molecule has 0 unspecified atom stereocenters. The van der Waals surface area contributed by atoms with Crippen molar-refractivity contribution in [3.8, 4) is 0 Å². The van der Waals surface area contributed by atoms with Gasteiger partial charge in [-0.3, -0.25) is 4.99 Å². The molecule has 6 nitrogen and oxygen atoms in total. The molecule has 0 amide bonds. The maximum absolute atomic E-state index is 4.56. The SMILES string of the molecule is Cc1c[nH]c2ccc(CNc3nccc(NC4=NCC(C5CC5)=C4)n3)cc12. The van der Waals surface area contributed by atoms with Gasteiger partial charge in [-0.1, -0.05) is 6.07 Å². The lowest BCUT2D eigenvalue weighted by Gasteiger charge is -2.08. The van der Waals surface area contributed by atoms with Crippen LogP contribution in [0.15, 0.2) is 53.3 Å². The van der Waals surface area contributed by atoms with Crippen molar-refractivity contribution in [1.29, 1.82) is 0 Å². The average Bonchev–Trinajstić information content (AvgIpc) is 3.33. The highest BCUT2D eigenvalue weighted by molar-refractivity contribution is 6.05. The molecule has 2 aliphatic rings. The summed E-state index contributed by atoms with van der Waals surface area (Å²) in [4.78, 5) is 16.7. The van der Waals surface area contributed by atoms with Crippen molar-refractivity contribution in [3.05, 3.63) is 59.4 Å². The minimum Gasteiger partial charge on any atom is -0.361 e. The van der Waals surface area contributed by atoms with Gasteiger partial charge in [0.2, 0.25) is 5.95 Å². The number of anilines is 2. The minimum absolute atomic E-state index is 0.607. The molecule has 136 valence electrons. The van der Waals surface area contributed by atoms with E-state index in [0.717, 1.165) is 29.6 Å². The molecule has 1 fully saturated rings. The van der Waals surface area contributed by atoms with E-state index in [4.69, 9.17) is 0 Å². The number of amidine groups is 1. The molecular weight excluding hydrogens is 336 g/mol. The number of rotatable bonds is 5. The van der Waals surface area contributed by atoms with Gasteiger partial charge in [-0.05, 0) is 66.7 Å². The van der Waals surface area contributed by atoms with E-state index in [2.05, 4.69) is 61.8 Å². The summed E-state index contributed by atoms with van der Waals surface area (Å²) >= 11 is 0. The molecule has 0 saturated heterocycles. The molecule has 0 bridgehead atoms. The third kappa shape index (κ3) is 3.43. The van der Waals surface area contributed by atoms with Crippen LogP contribution in [0, 0.1) is 12.8 Å². The number of aryl methyl sites for hydroxylation is 1. The molecule has 6 heteroatoms. The molecule has 0 atom stereocenters. The summed E-state index contributed by atoms with van der Waals surface area (Å²) in [5, 5.41) is 7.86. The second-order valence-electron chi connectivity index (χ2n) is 7.29. The van der Waals surface area contributed by atoms with E-state index in [9.17, 15) is 0 Å². The fraction of sp³-hybridized carbons (Fsp3) is 0.286. The van der Waals surface area contributed by atoms with Crippen LogP contribution in [-0.4, -0.2) is 27.3 Å². The monoisotopic (exact) mass is 358 g/mol. The summed E-state index contributed by atoms with van der Waals surface area (Å²) in [6.07, 6.45) is 8.59. The molecule has 2 aromatic heterocycles. The second kappa shape index (κ2) is 6.54. The molecule has 0 spiro atoms. The van der Waals surface area contributed by atoms with Gasteiger partial charge >= 0.3 is 0 Å². The number of aromatic nitrogens is 3. The van der Waals surface area contributed by atoms with Crippen molar-refractivity contribution in [1.82, 2.24) is 15.0 Å². The van der Waals surface area contributed by atoms with Crippen LogP contribution in [0.1, 0.15) is 24.0 Å². The predicted molar refractivity (Wildman–Crippen MR) is 109 cm³/mol. The predicted octanol–water partition coefficient (Wildman–Crippen LogP) is 4.04. The van der Waals surface area contributed by atoms with Gasteiger partial charge in [0.1, 0.15) is 11.7 Å². The largest absolute Gasteiger partial charge is 0.361 e. The summed E-state index contributed by atoms with van der Waals surface area (Å²) in [7, 11) is 0. The van der Waals surface area contributed by atoms with Crippen molar-refractivity contribution in [2.45, 2.75) is 26.3 Å². The Bertz CT molecular complexity index is 1060. The fourth-order valence-electron chi connectivity index (χ4n) is 3.46. The lowest BCUT2D eigenvalue weighted by atomic mass is 10.1. The standard InChI is InChI=1S/C21H22N6/c1-13-10-23-18-5-2-14(8-17(13)18)11-25-21-22-7-6-19(27-21)26-20-9-16(12-24-20)15-3-4-15/h2,5-10,15,23H,3-4,11-12H2,1H3,(H2,22,24,25,26,27). The Morgan fingerprint density at radius 3 is 3.04 bits per heavy atom. The molecule has 3 aromatic rings. The molecule has 27 heavy (non-hydrogen) atoms. The van der Waals surface area contributed by atoms with Crippen molar-refractivity contribution in [3.63, 3.8) is 0 Å². The zero-order chi connectivity index (χ0) is 18.2. The third-order valence-corrected chi connectivity index (χ3v) is 5.17. The Balaban J connectivity index is 1.25. The number of hydrogen-bond acceptors (Lipinski definition) is 5. The number of fused-ring (bicyclic) bond motifs is 1. The van der Waals surface area contributed by atoms with E-state index in [1.165, 1.54) is 34.9 Å². The zero-order valence-electron chi connectivity index (χ0n) is 15.3. The smallest absolute Gasteiger partial charge is 0.224 e. The van der Waals surface area contributed by atoms with Gasteiger partial charge in [0.15, 0.2) is 0 Å². The summed E-state index contributed by atoms with van der Waals surface area (Å²) in [6.45, 7) is 3.62. The Kier molecular flexibility index (Phi) is 3.89. The first-order valence-electron chi connectivity index (χ1n) is 9.40. The molecule has 3 N–H and O–H groups in total. The lowest BCUT2D eigenvalue weighted by Crippen LogP contribution is -2.10. The van der Waals surface area contributed by atoms with Gasteiger partial charge in [0.05, 0.1) is 6.54 Å². The van der Waals surface area contributed by atoms with Crippen molar-refractivity contribution in [2.24, 2.45) is 10.9 Å². The molecule has 1 saturated carbocycles. The van der Waals surface area contributed by atoms with Gasteiger partial charge in [-0.15, -0.1) is 0 Å². The topological polar surface area (TPSA) is 78.0 Å². The number of benzene rings is 1. The van der Waals surface area contributed by atoms with E-state index < -0.39 is 0 Å². The van der Waals surface area contributed by atoms with Crippen LogP contribution in [0.4, 0.5) is 11.8 Å². The minimum atomic E-state index is 0.607. The molecule has 1 aromatic carbocycles. The second-order valence-corrected chi connectivity index (χ2v) is 7.29. The molecule has 3 heterocycles. The first-order valence-corrected chi connectivity index (χ1v) is 9.40. The quantitative estimate of drug-likeness (QED) is 0.643. The normalized spacial score (nSPS) is 16.3. The van der Waals surface area contributed by atoms with Crippen LogP contribution in [0.3, 0.4) is 0 Å². The van der Waals surface area contributed by atoms with E-state index in [1.54, 1.807) is 6.20 Å². The number of H-pyrrole nitrogens is 1. The number of nitrogens with one attached hydrogen (secondary N) is 3. The fourth-order valence-corrected chi connectivity index (χ4v) is 3.46. The number of hydrogen-bond donors (Lipinski definition) is 3. The Hall–Kier alpha value is -3.15. The summed E-state index contributed by atoms with van der Waals surface area (Å²) in [5.41, 5.74) is 5.06. The van der Waals surface area contributed by atoms with Crippen LogP contribution in [0.2, 0.25) is 0 Å². The summed E-state index contributed by atoms with van der Waals surface area (Å²) in [6, 6.07) is 8.30. The Morgan fingerprint density at radius 2 is 2.15 bits per heavy atom. The van der Waals surface area contributed by atoms with Crippen LogP contribution < -0.4 is 10.6 Å². The highest BCUT2D eigenvalue weighted by Gasteiger charge is 2.27. The first kappa shape index (κ1) is 16.1. The summed E-state index contributed by atoms with van der Waals surface area (Å²) in [5.74, 6) is 3.03. The molecular formula is C21H22N6.